The Morgan fingerprint density at radius 3 is 2.31 bits per heavy atom. The number of methoxy groups -OCH3 is 1. The Balaban J connectivity index is 1.28. The molecule has 2 N–H and O–H groups in total. The lowest BCUT2D eigenvalue weighted by Crippen LogP contribution is -2.50. The number of aliphatic hydroxyl groups is 1. The summed E-state index contributed by atoms with van der Waals surface area (Å²) in [6, 6.07) is 27.9. The minimum Gasteiger partial charge on any atom is -0.494 e. The van der Waals surface area contributed by atoms with Crippen LogP contribution in [-0.2, 0) is 20.8 Å². The fourth-order valence-electron chi connectivity index (χ4n) is 4.39. The molecular weight excluding hydrogens is 442 g/mol. The first-order valence-corrected chi connectivity index (χ1v) is 12.2. The number of benzene rings is 3. The number of ether oxygens (including phenoxy) is 4. The van der Waals surface area contributed by atoms with Gasteiger partial charge in [-0.3, -0.25) is 0 Å². The molecule has 0 spiro atoms. The number of β-amino-alcohol motifs (C(OH)–C–C–N with tert-alkyl or cyclic N) is 1. The van der Waals surface area contributed by atoms with Crippen molar-refractivity contribution in [3.05, 3.63) is 102 Å². The first-order chi connectivity index (χ1) is 17.2. The zero-order chi connectivity index (χ0) is 24.3. The van der Waals surface area contributed by atoms with Gasteiger partial charge in [-0.25, -0.2) is 0 Å². The van der Waals surface area contributed by atoms with Gasteiger partial charge >= 0.3 is 0 Å². The van der Waals surface area contributed by atoms with Crippen LogP contribution in [0.3, 0.4) is 0 Å². The van der Waals surface area contributed by atoms with E-state index in [0.717, 1.165) is 23.3 Å². The standard InChI is InChI=1S/C29H35NO5/c1-32-29(24-11-6-3-7-12-24)35-27-20-30-19-26(31)28(27)23-13-15-25(16-14-23)34-18-8-17-33-21-22-9-4-2-5-10-22/h2-7,9-16,26-31H,8,17-21H2,1H3/t26-,27+,28+,29?/m1/s1. The van der Waals surface area contributed by atoms with Gasteiger partial charge in [0.1, 0.15) is 5.75 Å². The van der Waals surface area contributed by atoms with E-state index in [1.807, 2.05) is 72.8 Å². The molecule has 0 saturated carbocycles. The molecule has 6 nitrogen and oxygen atoms in total. The van der Waals surface area contributed by atoms with E-state index in [4.69, 9.17) is 18.9 Å². The molecule has 1 unspecified atom stereocenters. The minimum absolute atomic E-state index is 0.168. The zero-order valence-electron chi connectivity index (χ0n) is 20.2. The Morgan fingerprint density at radius 1 is 0.886 bits per heavy atom. The monoisotopic (exact) mass is 477 g/mol. The highest BCUT2D eigenvalue weighted by Gasteiger charge is 2.36. The lowest BCUT2D eigenvalue weighted by atomic mass is 9.85. The summed E-state index contributed by atoms with van der Waals surface area (Å²) in [5.74, 6) is 0.634. The lowest BCUT2D eigenvalue weighted by Gasteiger charge is -2.38. The largest absolute Gasteiger partial charge is 0.494 e. The Morgan fingerprint density at radius 2 is 1.60 bits per heavy atom. The van der Waals surface area contributed by atoms with Crippen molar-refractivity contribution < 1.29 is 24.1 Å². The van der Waals surface area contributed by atoms with Crippen LogP contribution in [-0.4, -0.2) is 50.7 Å². The second-order valence-corrected chi connectivity index (χ2v) is 8.71. The summed E-state index contributed by atoms with van der Waals surface area (Å²) >= 11 is 0. The number of hydrogen-bond acceptors (Lipinski definition) is 6. The number of aliphatic hydroxyl groups excluding tert-OH is 1. The molecule has 0 bridgehead atoms. The molecule has 3 aromatic carbocycles. The van der Waals surface area contributed by atoms with Gasteiger partial charge in [-0.15, -0.1) is 0 Å². The van der Waals surface area contributed by atoms with Crippen LogP contribution in [0.2, 0.25) is 0 Å². The third kappa shape index (κ3) is 7.37. The molecule has 1 saturated heterocycles. The van der Waals surface area contributed by atoms with Gasteiger partial charge in [-0.2, -0.15) is 0 Å². The number of nitrogens with one attached hydrogen (secondary N) is 1. The van der Waals surface area contributed by atoms with Crippen LogP contribution >= 0.6 is 0 Å². The van der Waals surface area contributed by atoms with E-state index in [2.05, 4.69) is 17.4 Å². The molecule has 0 amide bonds. The predicted molar refractivity (Wildman–Crippen MR) is 135 cm³/mol. The van der Waals surface area contributed by atoms with E-state index >= 15 is 0 Å². The summed E-state index contributed by atoms with van der Waals surface area (Å²) in [7, 11) is 1.64. The highest BCUT2D eigenvalue weighted by atomic mass is 16.7. The summed E-state index contributed by atoms with van der Waals surface area (Å²) < 4.78 is 23.6. The normalized spacial score (nSPS) is 20.9. The van der Waals surface area contributed by atoms with Crippen molar-refractivity contribution in [3.63, 3.8) is 0 Å². The van der Waals surface area contributed by atoms with Gasteiger partial charge in [0.2, 0.25) is 0 Å². The Labute approximate surface area is 207 Å². The fraction of sp³-hybridized carbons (Fsp3) is 0.379. The molecule has 0 aromatic heterocycles. The van der Waals surface area contributed by atoms with Gasteiger partial charge in [0.15, 0.2) is 6.29 Å². The fourth-order valence-corrected chi connectivity index (χ4v) is 4.39. The van der Waals surface area contributed by atoms with Crippen molar-refractivity contribution in [2.75, 3.05) is 33.4 Å². The summed E-state index contributed by atoms with van der Waals surface area (Å²) in [5.41, 5.74) is 3.14. The third-order valence-corrected chi connectivity index (χ3v) is 6.18. The van der Waals surface area contributed by atoms with Crippen LogP contribution in [0.4, 0.5) is 0 Å². The van der Waals surface area contributed by atoms with Gasteiger partial charge in [-0.1, -0.05) is 72.8 Å². The Bertz CT molecular complexity index is 983. The molecule has 1 aliphatic heterocycles. The molecule has 3 aromatic rings. The van der Waals surface area contributed by atoms with E-state index in [1.54, 1.807) is 7.11 Å². The summed E-state index contributed by atoms with van der Waals surface area (Å²) in [6.45, 7) is 3.01. The van der Waals surface area contributed by atoms with Crippen molar-refractivity contribution in [1.29, 1.82) is 0 Å². The van der Waals surface area contributed by atoms with Crippen molar-refractivity contribution in [2.24, 2.45) is 0 Å². The minimum atomic E-state index is -0.560. The average Bonchev–Trinajstić information content (AvgIpc) is 2.91. The average molecular weight is 478 g/mol. The second-order valence-electron chi connectivity index (χ2n) is 8.71. The van der Waals surface area contributed by atoms with Crippen molar-refractivity contribution in [1.82, 2.24) is 5.32 Å². The maximum Gasteiger partial charge on any atom is 0.183 e. The van der Waals surface area contributed by atoms with E-state index in [-0.39, 0.29) is 12.0 Å². The van der Waals surface area contributed by atoms with Crippen LogP contribution in [0, 0.1) is 0 Å². The predicted octanol–water partition coefficient (Wildman–Crippen LogP) is 4.45. The zero-order valence-corrected chi connectivity index (χ0v) is 20.2. The van der Waals surface area contributed by atoms with Gasteiger partial charge in [0.25, 0.3) is 0 Å². The van der Waals surface area contributed by atoms with Crippen molar-refractivity contribution >= 4 is 0 Å². The number of piperidine rings is 1. The first-order valence-electron chi connectivity index (χ1n) is 12.2. The van der Waals surface area contributed by atoms with Gasteiger partial charge in [0, 0.05) is 38.1 Å². The Hall–Kier alpha value is -2.74. The van der Waals surface area contributed by atoms with E-state index in [0.29, 0.717) is 32.9 Å². The highest BCUT2D eigenvalue weighted by Crippen LogP contribution is 2.33. The third-order valence-electron chi connectivity index (χ3n) is 6.18. The summed E-state index contributed by atoms with van der Waals surface area (Å²) in [5, 5.41) is 14.1. The van der Waals surface area contributed by atoms with E-state index in [1.165, 1.54) is 5.56 Å². The van der Waals surface area contributed by atoms with Gasteiger partial charge in [0.05, 0.1) is 32.0 Å². The molecule has 0 radical (unpaired) electrons. The lowest BCUT2D eigenvalue weighted by molar-refractivity contribution is -0.176. The van der Waals surface area contributed by atoms with Crippen LogP contribution in [0.15, 0.2) is 84.9 Å². The number of hydrogen-bond donors (Lipinski definition) is 2. The topological polar surface area (TPSA) is 69.2 Å². The molecule has 1 fully saturated rings. The molecule has 1 heterocycles. The number of rotatable bonds is 12. The molecule has 0 aliphatic carbocycles. The molecule has 1 aliphatic rings. The van der Waals surface area contributed by atoms with Crippen LogP contribution < -0.4 is 10.1 Å². The Kier molecular flexibility index (Phi) is 9.69. The maximum absolute atomic E-state index is 10.8. The quantitative estimate of drug-likeness (QED) is 0.297. The van der Waals surface area contributed by atoms with Crippen LogP contribution in [0.25, 0.3) is 0 Å². The van der Waals surface area contributed by atoms with Crippen LogP contribution in [0.1, 0.15) is 35.3 Å². The first kappa shape index (κ1) is 25.4. The maximum atomic E-state index is 10.8. The van der Waals surface area contributed by atoms with E-state index < -0.39 is 12.4 Å². The molecule has 4 atom stereocenters. The molecule has 186 valence electrons. The van der Waals surface area contributed by atoms with Crippen molar-refractivity contribution in [2.45, 2.75) is 37.4 Å². The SMILES string of the molecule is COC(O[C@H]1CNC[C@@H](O)[C@@H]1c1ccc(OCCCOCc2ccccc2)cc1)c1ccccc1. The molecule has 4 rings (SSSR count). The van der Waals surface area contributed by atoms with E-state index in [9.17, 15) is 5.11 Å². The molecule has 6 heteroatoms. The van der Waals surface area contributed by atoms with Crippen molar-refractivity contribution in [3.8, 4) is 5.75 Å². The van der Waals surface area contributed by atoms with Gasteiger partial charge < -0.3 is 29.4 Å². The second kappa shape index (κ2) is 13.4. The van der Waals surface area contributed by atoms with Crippen LogP contribution in [0.5, 0.6) is 5.75 Å². The highest BCUT2D eigenvalue weighted by molar-refractivity contribution is 5.31. The summed E-state index contributed by atoms with van der Waals surface area (Å²) in [4.78, 5) is 0. The van der Waals surface area contributed by atoms with Gasteiger partial charge in [-0.05, 0) is 23.3 Å². The molecule has 35 heavy (non-hydrogen) atoms. The molecular formula is C29H35NO5. The smallest absolute Gasteiger partial charge is 0.183 e. The summed E-state index contributed by atoms with van der Waals surface area (Å²) in [6.07, 6.45) is -0.481.